The Hall–Kier alpha value is -0.0800. The molecule has 2 heterocycles. The Morgan fingerprint density at radius 1 is 1.12 bits per heavy atom. The minimum Gasteiger partial charge on any atom is -0.375 e. The van der Waals surface area contributed by atoms with Crippen LogP contribution in [0.25, 0.3) is 0 Å². The summed E-state index contributed by atoms with van der Waals surface area (Å²) in [7, 11) is 0. The fraction of sp³-hybridized carbons (Fsp3) is 1.00. The van der Waals surface area contributed by atoms with Crippen LogP contribution in [0.15, 0.2) is 0 Å². The van der Waals surface area contributed by atoms with Crippen LogP contribution < -0.4 is 5.32 Å². The van der Waals surface area contributed by atoms with Gasteiger partial charge in [0.25, 0.3) is 0 Å². The van der Waals surface area contributed by atoms with Crippen LogP contribution >= 0.6 is 0 Å². The van der Waals surface area contributed by atoms with Gasteiger partial charge in [-0.25, -0.2) is 0 Å². The molecule has 1 saturated carbocycles. The van der Waals surface area contributed by atoms with Gasteiger partial charge in [-0.3, -0.25) is 0 Å². The molecule has 0 radical (unpaired) electrons. The third kappa shape index (κ3) is 1.91. The fourth-order valence-electron chi connectivity index (χ4n) is 4.07. The standard InChI is InChI=1S/C14H25NO/c1-11-6-7-13(16-11)8-14(9-15-10-14)12-4-2-3-5-12/h11-13,15H,2-10H2,1H3. The molecular formula is C14H25NO. The second kappa shape index (κ2) is 4.30. The number of rotatable bonds is 3. The summed E-state index contributed by atoms with van der Waals surface area (Å²) in [5.41, 5.74) is 0.616. The second-order valence-electron chi connectivity index (χ2n) is 6.30. The molecule has 16 heavy (non-hydrogen) atoms. The van der Waals surface area contributed by atoms with Crippen molar-refractivity contribution < 1.29 is 4.74 Å². The fourth-order valence-corrected chi connectivity index (χ4v) is 4.07. The van der Waals surface area contributed by atoms with E-state index in [0.29, 0.717) is 17.6 Å². The van der Waals surface area contributed by atoms with Crippen molar-refractivity contribution >= 4 is 0 Å². The lowest BCUT2D eigenvalue weighted by atomic mass is 9.66. The summed E-state index contributed by atoms with van der Waals surface area (Å²) >= 11 is 0. The minimum atomic E-state index is 0.513. The number of nitrogens with one attached hydrogen (secondary N) is 1. The van der Waals surface area contributed by atoms with Crippen molar-refractivity contribution in [3.05, 3.63) is 0 Å². The normalized spacial score (nSPS) is 38.8. The van der Waals surface area contributed by atoms with E-state index in [1.165, 1.54) is 58.0 Å². The van der Waals surface area contributed by atoms with E-state index in [-0.39, 0.29) is 0 Å². The molecule has 3 aliphatic rings. The molecule has 0 amide bonds. The molecule has 2 unspecified atom stereocenters. The number of hydrogen-bond donors (Lipinski definition) is 1. The highest BCUT2D eigenvalue weighted by molar-refractivity contribution is 5.00. The molecule has 0 aromatic carbocycles. The Morgan fingerprint density at radius 3 is 2.38 bits per heavy atom. The minimum absolute atomic E-state index is 0.513. The third-order valence-electron chi connectivity index (χ3n) is 5.13. The molecule has 0 aromatic rings. The second-order valence-corrected chi connectivity index (χ2v) is 6.30. The first kappa shape index (κ1) is 11.0. The van der Waals surface area contributed by atoms with Gasteiger partial charge in [0.05, 0.1) is 12.2 Å². The summed E-state index contributed by atoms with van der Waals surface area (Å²) < 4.78 is 6.02. The Balaban J connectivity index is 1.61. The van der Waals surface area contributed by atoms with Crippen molar-refractivity contribution in [3.63, 3.8) is 0 Å². The molecule has 2 atom stereocenters. The summed E-state index contributed by atoms with van der Waals surface area (Å²) in [4.78, 5) is 0. The molecule has 0 spiro atoms. The zero-order valence-corrected chi connectivity index (χ0v) is 10.5. The number of ether oxygens (including phenoxy) is 1. The van der Waals surface area contributed by atoms with Crippen molar-refractivity contribution in [2.45, 2.75) is 64.1 Å². The van der Waals surface area contributed by atoms with Crippen molar-refractivity contribution in [1.82, 2.24) is 5.32 Å². The Kier molecular flexibility index (Phi) is 2.97. The van der Waals surface area contributed by atoms with Gasteiger partial charge in [0.1, 0.15) is 0 Å². The highest BCUT2D eigenvalue weighted by Gasteiger charge is 2.46. The van der Waals surface area contributed by atoms with Crippen LogP contribution in [0.3, 0.4) is 0 Å². The van der Waals surface area contributed by atoms with Crippen molar-refractivity contribution in [1.29, 1.82) is 0 Å². The maximum atomic E-state index is 6.02. The zero-order chi connectivity index (χ0) is 11.0. The summed E-state index contributed by atoms with van der Waals surface area (Å²) in [6.07, 6.45) is 10.9. The van der Waals surface area contributed by atoms with Gasteiger partial charge in [0.15, 0.2) is 0 Å². The molecule has 0 bridgehead atoms. The van der Waals surface area contributed by atoms with Gasteiger partial charge < -0.3 is 10.1 Å². The summed E-state index contributed by atoms with van der Waals surface area (Å²) in [5.74, 6) is 0.994. The maximum absolute atomic E-state index is 6.02. The van der Waals surface area contributed by atoms with E-state index < -0.39 is 0 Å². The lowest BCUT2D eigenvalue weighted by Gasteiger charge is -2.48. The van der Waals surface area contributed by atoms with E-state index in [4.69, 9.17) is 4.74 Å². The van der Waals surface area contributed by atoms with E-state index >= 15 is 0 Å². The number of hydrogen-bond acceptors (Lipinski definition) is 2. The SMILES string of the molecule is CC1CCC(CC2(C3CCCC3)CNC2)O1. The first-order chi connectivity index (χ1) is 7.78. The van der Waals surface area contributed by atoms with E-state index in [1.54, 1.807) is 0 Å². The van der Waals surface area contributed by atoms with Crippen LogP contribution in [0.4, 0.5) is 0 Å². The van der Waals surface area contributed by atoms with Gasteiger partial charge in [0, 0.05) is 18.5 Å². The van der Waals surface area contributed by atoms with Crippen molar-refractivity contribution in [3.8, 4) is 0 Å². The largest absolute Gasteiger partial charge is 0.375 e. The van der Waals surface area contributed by atoms with E-state index in [9.17, 15) is 0 Å². The van der Waals surface area contributed by atoms with Crippen LogP contribution in [0.2, 0.25) is 0 Å². The molecule has 1 aliphatic carbocycles. The molecule has 2 heteroatoms. The molecule has 2 nitrogen and oxygen atoms in total. The van der Waals surface area contributed by atoms with Crippen LogP contribution in [0.5, 0.6) is 0 Å². The Bertz CT molecular complexity index is 243. The van der Waals surface area contributed by atoms with Gasteiger partial charge in [-0.2, -0.15) is 0 Å². The van der Waals surface area contributed by atoms with Crippen molar-refractivity contribution in [2.75, 3.05) is 13.1 Å². The highest BCUT2D eigenvalue weighted by atomic mass is 16.5. The lowest BCUT2D eigenvalue weighted by Crippen LogP contribution is -2.58. The molecule has 3 rings (SSSR count). The average molecular weight is 223 g/mol. The maximum Gasteiger partial charge on any atom is 0.0586 e. The molecule has 1 N–H and O–H groups in total. The average Bonchev–Trinajstić information content (AvgIpc) is 2.82. The summed E-state index contributed by atoms with van der Waals surface area (Å²) in [6.45, 7) is 4.74. The van der Waals surface area contributed by atoms with Gasteiger partial charge in [-0.15, -0.1) is 0 Å². The third-order valence-corrected chi connectivity index (χ3v) is 5.13. The quantitative estimate of drug-likeness (QED) is 0.794. The van der Waals surface area contributed by atoms with Crippen LogP contribution in [-0.2, 0) is 4.74 Å². The molecule has 2 saturated heterocycles. The summed E-state index contributed by atoms with van der Waals surface area (Å²) in [6, 6.07) is 0. The monoisotopic (exact) mass is 223 g/mol. The van der Waals surface area contributed by atoms with Gasteiger partial charge in [-0.1, -0.05) is 12.8 Å². The Morgan fingerprint density at radius 2 is 1.88 bits per heavy atom. The highest BCUT2D eigenvalue weighted by Crippen LogP contribution is 2.47. The lowest BCUT2D eigenvalue weighted by molar-refractivity contribution is -0.0197. The predicted molar refractivity (Wildman–Crippen MR) is 65.4 cm³/mol. The van der Waals surface area contributed by atoms with Crippen LogP contribution in [0, 0.1) is 11.3 Å². The molecule has 92 valence electrons. The predicted octanol–water partition coefficient (Wildman–Crippen LogP) is 2.72. The van der Waals surface area contributed by atoms with Crippen LogP contribution in [0.1, 0.15) is 51.9 Å². The molecular weight excluding hydrogens is 198 g/mol. The van der Waals surface area contributed by atoms with Gasteiger partial charge in [0.2, 0.25) is 0 Å². The van der Waals surface area contributed by atoms with E-state index in [1.807, 2.05) is 0 Å². The van der Waals surface area contributed by atoms with Gasteiger partial charge >= 0.3 is 0 Å². The van der Waals surface area contributed by atoms with E-state index in [2.05, 4.69) is 12.2 Å². The first-order valence-corrected chi connectivity index (χ1v) is 7.15. The zero-order valence-electron chi connectivity index (χ0n) is 10.5. The molecule has 3 fully saturated rings. The first-order valence-electron chi connectivity index (χ1n) is 7.15. The van der Waals surface area contributed by atoms with Gasteiger partial charge in [-0.05, 0) is 44.9 Å². The van der Waals surface area contributed by atoms with Crippen LogP contribution in [-0.4, -0.2) is 25.3 Å². The topological polar surface area (TPSA) is 21.3 Å². The summed E-state index contributed by atoms with van der Waals surface area (Å²) in [5, 5.41) is 3.51. The van der Waals surface area contributed by atoms with Crippen molar-refractivity contribution in [2.24, 2.45) is 11.3 Å². The molecule has 2 aliphatic heterocycles. The van der Waals surface area contributed by atoms with E-state index in [0.717, 1.165) is 5.92 Å². The smallest absolute Gasteiger partial charge is 0.0586 e. The molecule has 0 aromatic heterocycles. The Labute approximate surface area is 99.1 Å².